The van der Waals surface area contributed by atoms with E-state index in [1.165, 1.54) is 5.56 Å². The summed E-state index contributed by atoms with van der Waals surface area (Å²) in [6.45, 7) is 5.63. The van der Waals surface area contributed by atoms with Crippen molar-refractivity contribution in [2.24, 2.45) is 0 Å². The highest BCUT2D eigenvalue weighted by molar-refractivity contribution is 5.92. The molecule has 0 heterocycles. The highest BCUT2D eigenvalue weighted by Crippen LogP contribution is 2.22. The summed E-state index contributed by atoms with van der Waals surface area (Å²) in [6.07, 6.45) is 0. The van der Waals surface area contributed by atoms with Crippen LogP contribution >= 0.6 is 0 Å². The maximum absolute atomic E-state index is 12.2. The topological polar surface area (TPSA) is 75.6 Å². The first-order valence-electron chi connectivity index (χ1n) is 9.76. The van der Waals surface area contributed by atoms with Crippen LogP contribution in [0.15, 0.2) is 66.7 Å². The third-order valence-corrected chi connectivity index (χ3v) is 5.06. The largest absolute Gasteiger partial charge is 0.508 e. The quantitative estimate of drug-likeness (QED) is 0.585. The number of carbonyl (C=O) groups is 2. The van der Waals surface area contributed by atoms with Crippen LogP contribution in [0.3, 0.4) is 0 Å². The molecule has 0 aliphatic heterocycles. The Hall–Kier alpha value is -3.60. The number of carbonyl (C=O) groups excluding carboxylic acids is 2. The third kappa shape index (κ3) is 5.26. The number of aromatic hydroxyl groups is 1. The van der Waals surface area contributed by atoms with Crippen LogP contribution in [0.4, 0.5) is 0 Å². The molecule has 0 saturated heterocycles. The lowest BCUT2D eigenvalue weighted by Gasteiger charge is -2.16. The monoisotopic (exact) mass is 403 g/mol. The van der Waals surface area contributed by atoms with E-state index >= 15 is 0 Å². The van der Waals surface area contributed by atoms with E-state index in [1.54, 1.807) is 48.5 Å². The number of hydrogen-bond acceptors (Lipinski definition) is 4. The Morgan fingerprint density at radius 2 is 1.50 bits per heavy atom. The molecule has 154 valence electrons. The molecule has 0 aliphatic rings. The summed E-state index contributed by atoms with van der Waals surface area (Å²) >= 11 is 0. The molecule has 1 atom stereocenters. The number of rotatable bonds is 6. The number of amides is 1. The van der Waals surface area contributed by atoms with Crippen molar-refractivity contribution in [1.29, 1.82) is 0 Å². The Balaban J connectivity index is 1.53. The van der Waals surface area contributed by atoms with E-state index in [0.717, 1.165) is 22.3 Å². The van der Waals surface area contributed by atoms with E-state index in [4.69, 9.17) is 4.74 Å². The average Bonchev–Trinajstić information content (AvgIpc) is 2.74. The minimum Gasteiger partial charge on any atom is -0.508 e. The van der Waals surface area contributed by atoms with Gasteiger partial charge in [-0.05, 0) is 72.9 Å². The van der Waals surface area contributed by atoms with E-state index in [2.05, 4.69) is 5.32 Å². The van der Waals surface area contributed by atoms with Crippen LogP contribution in [0.5, 0.6) is 5.75 Å². The smallest absolute Gasteiger partial charge is 0.338 e. The van der Waals surface area contributed by atoms with Gasteiger partial charge in [0.15, 0.2) is 6.61 Å². The average molecular weight is 403 g/mol. The van der Waals surface area contributed by atoms with Gasteiger partial charge < -0.3 is 15.2 Å². The first-order valence-corrected chi connectivity index (χ1v) is 9.76. The van der Waals surface area contributed by atoms with Gasteiger partial charge in [0, 0.05) is 0 Å². The summed E-state index contributed by atoms with van der Waals surface area (Å²) in [6, 6.07) is 19.6. The van der Waals surface area contributed by atoms with Crippen molar-refractivity contribution < 1.29 is 19.4 Å². The summed E-state index contributed by atoms with van der Waals surface area (Å²) in [7, 11) is 0. The second-order valence-electron chi connectivity index (χ2n) is 7.33. The van der Waals surface area contributed by atoms with Crippen molar-refractivity contribution in [3.8, 4) is 16.9 Å². The molecule has 0 spiro atoms. The number of aryl methyl sites for hydroxylation is 2. The first-order chi connectivity index (χ1) is 14.3. The number of esters is 1. The normalized spacial score (nSPS) is 11.6. The molecule has 1 amide bonds. The van der Waals surface area contributed by atoms with E-state index < -0.39 is 5.97 Å². The lowest BCUT2D eigenvalue weighted by Crippen LogP contribution is -2.31. The maximum atomic E-state index is 12.2. The molecule has 0 bridgehead atoms. The molecule has 5 heteroatoms. The summed E-state index contributed by atoms with van der Waals surface area (Å²) in [5.74, 6) is -0.708. The van der Waals surface area contributed by atoms with Crippen molar-refractivity contribution in [2.45, 2.75) is 26.8 Å². The third-order valence-electron chi connectivity index (χ3n) is 5.06. The zero-order valence-corrected chi connectivity index (χ0v) is 17.3. The van der Waals surface area contributed by atoms with E-state index in [0.29, 0.717) is 5.56 Å². The Bertz CT molecular complexity index is 1040. The van der Waals surface area contributed by atoms with Gasteiger partial charge in [-0.25, -0.2) is 4.79 Å². The van der Waals surface area contributed by atoms with Gasteiger partial charge in [0.2, 0.25) is 0 Å². The van der Waals surface area contributed by atoms with Gasteiger partial charge in [-0.3, -0.25) is 4.79 Å². The highest BCUT2D eigenvalue weighted by atomic mass is 16.5. The number of phenolic OH excluding ortho intramolecular Hbond substituents is 1. The Morgan fingerprint density at radius 1 is 0.900 bits per heavy atom. The molecule has 3 aromatic rings. The van der Waals surface area contributed by atoms with Crippen LogP contribution in [0.25, 0.3) is 11.1 Å². The maximum Gasteiger partial charge on any atom is 0.338 e. The van der Waals surface area contributed by atoms with Gasteiger partial charge in [0.25, 0.3) is 5.91 Å². The van der Waals surface area contributed by atoms with Gasteiger partial charge >= 0.3 is 5.97 Å². The molecule has 30 heavy (non-hydrogen) atoms. The zero-order valence-electron chi connectivity index (χ0n) is 17.3. The van der Waals surface area contributed by atoms with Gasteiger partial charge in [-0.1, -0.05) is 42.5 Å². The summed E-state index contributed by atoms with van der Waals surface area (Å²) in [5, 5.41) is 12.2. The van der Waals surface area contributed by atoms with Crippen molar-refractivity contribution in [2.75, 3.05) is 6.61 Å². The Labute approximate surface area is 176 Å². The number of hydrogen-bond donors (Lipinski definition) is 2. The molecule has 3 aromatic carbocycles. The fourth-order valence-corrected chi connectivity index (χ4v) is 3.07. The number of ether oxygens (including phenoxy) is 1. The van der Waals surface area contributed by atoms with Gasteiger partial charge in [-0.2, -0.15) is 0 Å². The molecule has 0 radical (unpaired) electrons. The predicted molar refractivity (Wildman–Crippen MR) is 116 cm³/mol. The van der Waals surface area contributed by atoms with Crippen LogP contribution in [0.1, 0.15) is 40.0 Å². The lowest BCUT2D eigenvalue weighted by molar-refractivity contribution is -0.124. The van der Waals surface area contributed by atoms with Gasteiger partial charge in [0.05, 0.1) is 11.6 Å². The minimum atomic E-state index is -0.554. The molecule has 3 rings (SSSR count). The standard InChI is InChI=1S/C25H25NO4/c1-16-4-5-22(14-17(16)2)18(3)26-24(28)15-30-25(29)21-8-6-19(7-9-21)20-10-12-23(27)13-11-20/h4-14,18,27H,15H2,1-3H3,(H,26,28)/t18-/m0/s1. The summed E-state index contributed by atoms with van der Waals surface area (Å²) in [5.41, 5.74) is 5.56. The molecule has 0 saturated carbocycles. The molecular formula is C25H25NO4. The fraction of sp³-hybridized carbons (Fsp3) is 0.200. The molecule has 0 fully saturated rings. The highest BCUT2D eigenvalue weighted by Gasteiger charge is 2.14. The van der Waals surface area contributed by atoms with Crippen LogP contribution in [-0.4, -0.2) is 23.6 Å². The number of nitrogens with one attached hydrogen (secondary N) is 1. The minimum absolute atomic E-state index is 0.180. The van der Waals surface area contributed by atoms with Crippen LogP contribution in [-0.2, 0) is 9.53 Å². The van der Waals surface area contributed by atoms with E-state index in [-0.39, 0.29) is 24.3 Å². The summed E-state index contributed by atoms with van der Waals surface area (Å²) in [4.78, 5) is 24.4. The van der Waals surface area contributed by atoms with Crippen molar-refractivity contribution in [3.63, 3.8) is 0 Å². The van der Waals surface area contributed by atoms with Crippen LogP contribution in [0.2, 0.25) is 0 Å². The summed E-state index contributed by atoms with van der Waals surface area (Å²) < 4.78 is 5.15. The molecule has 5 nitrogen and oxygen atoms in total. The molecular weight excluding hydrogens is 378 g/mol. The van der Waals surface area contributed by atoms with E-state index in [9.17, 15) is 14.7 Å². The van der Waals surface area contributed by atoms with Crippen molar-refractivity contribution in [1.82, 2.24) is 5.32 Å². The van der Waals surface area contributed by atoms with Crippen molar-refractivity contribution >= 4 is 11.9 Å². The van der Waals surface area contributed by atoms with Gasteiger partial charge in [0.1, 0.15) is 5.75 Å². The molecule has 0 unspecified atom stereocenters. The lowest BCUT2D eigenvalue weighted by atomic mass is 10.0. The SMILES string of the molecule is Cc1ccc([C@H](C)NC(=O)COC(=O)c2ccc(-c3ccc(O)cc3)cc2)cc1C. The first kappa shape index (κ1) is 21.1. The molecule has 0 aromatic heterocycles. The van der Waals surface area contributed by atoms with Crippen LogP contribution < -0.4 is 5.32 Å². The molecule has 2 N–H and O–H groups in total. The fourth-order valence-electron chi connectivity index (χ4n) is 3.07. The Morgan fingerprint density at radius 3 is 2.10 bits per heavy atom. The second kappa shape index (κ2) is 9.27. The van der Waals surface area contributed by atoms with E-state index in [1.807, 2.05) is 39.0 Å². The Kier molecular flexibility index (Phi) is 6.52. The van der Waals surface area contributed by atoms with Crippen molar-refractivity contribution in [3.05, 3.63) is 89.0 Å². The van der Waals surface area contributed by atoms with Crippen LogP contribution in [0, 0.1) is 13.8 Å². The molecule has 0 aliphatic carbocycles. The number of phenols is 1. The van der Waals surface area contributed by atoms with Gasteiger partial charge in [-0.15, -0.1) is 0 Å². The predicted octanol–water partition coefficient (Wildman–Crippen LogP) is 4.71. The number of benzene rings is 3. The second-order valence-corrected chi connectivity index (χ2v) is 7.33. The zero-order chi connectivity index (χ0) is 21.7.